The molecule has 3 aromatic carbocycles. The zero-order valence-electron chi connectivity index (χ0n) is 18.3. The van der Waals surface area contributed by atoms with Gasteiger partial charge in [-0.3, -0.25) is 0 Å². The molecule has 0 spiro atoms. The van der Waals surface area contributed by atoms with Gasteiger partial charge in [0.2, 0.25) is 0 Å². The molecule has 0 saturated carbocycles. The summed E-state index contributed by atoms with van der Waals surface area (Å²) in [7, 11) is 0. The predicted molar refractivity (Wildman–Crippen MR) is 130 cm³/mol. The van der Waals surface area contributed by atoms with Crippen molar-refractivity contribution in [1.29, 1.82) is 0 Å². The van der Waals surface area contributed by atoms with Crippen molar-refractivity contribution >= 4 is 23.3 Å². The van der Waals surface area contributed by atoms with E-state index in [1.54, 1.807) is 12.1 Å². The lowest BCUT2D eigenvalue weighted by molar-refractivity contribution is 0.0697. The van der Waals surface area contributed by atoms with Crippen molar-refractivity contribution in [2.24, 2.45) is 0 Å². The van der Waals surface area contributed by atoms with E-state index in [2.05, 4.69) is 69.3 Å². The van der Waals surface area contributed by atoms with Crippen LogP contribution in [0.3, 0.4) is 0 Å². The highest BCUT2D eigenvalue weighted by Crippen LogP contribution is 2.46. The van der Waals surface area contributed by atoms with Crippen molar-refractivity contribution in [1.82, 2.24) is 0 Å². The van der Waals surface area contributed by atoms with Crippen molar-refractivity contribution in [3.05, 3.63) is 106 Å². The molecule has 1 N–H and O–H groups in total. The minimum atomic E-state index is -0.882. The maximum atomic E-state index is 11.0. The Hall–Kier alpha value is -2.78. The molecule has 0 atom stereocenters. The first-order valence-corrected chi connectivity index (χ1v) is 11.6. The molecule has 4 rings (SSSR count). The lowest BCUT2D eigenvalue weighted by Gasteiger charge is -2.30. The van der Waals surface area contributed by atoms with Crippen molar-refractivity contribution in [3.8, 4) is 0 Å². The average Bonchev–Trinajstić information content (AvgIpc) is 2.77. The van der Waals surface area contributed by atoms with E-state index in [4.69, 9.17) is 5.11 Å². The summed E-state index contributed by atoms with van der Waals surface area (Å²) in [5.74, 6) is -0.882. The quantitative estimate of drug-likeness (QED) is 0.457. The number of thioether (sulfide) groups is 1. The smallest absolute Gasteiger partial charge is 0.335 e. The van der Waals surface area contributed by atoms with E-state index in [-0.39, 0.29) is 4.75 Å². The Morgan fingerprint density at radius 3 is 2.13 bits per heavy atom. The van der Waals surface area contributed by atoms with E-state index >= 15 is 0 Å². The number of fused-ring (bicyclic) bond motifs is 1. The highest BCUT2D eigenvalue weighted by atomic mass is 32.2. The maximum absolute atomic E-state index is 11.0. The van der Waals surface area contributed by atoms with Gasteiger partial charge in [-0.15, -0.1) is 11.8 Å². The third-order valence-corrected chi connectivity index (χ3v) is 7.00. The third kappa shape index (κ3) is 4.94. The highest BCUT2D eigenvalue weighted by molar-refractivity contribution is 8.01. The van der Waals surface area contributed by atoms with Gasteiger partial charge in [-0.05, 0) is 84.7 Å². The molecule has 3 heteroatoms. The molecule has 0 bridgehead atoms. The van der Waals surface area contributed by atoms with Gasteiger partial charge in [0, 0.05) is 9.64 Å². The number of benzene rings is 3. The molecule has 1 heterocycles. The molecule has 2 nitrogen and oxygen atoms in total. The standard InChI is InChI=1S/C28H28O2S/c1-4-19-7-12-22(13-8-19)25-18-28(2,3)31-26-16-11-21(17-24(25)26)6-5-20-9-14-23(15-10-20)27(29)30/h7-18H,4-6H2,1-3H3,(H,29,30). The molecular formula is C28H28O2S. The summed E-state index contributed by atoms with van der Waals surface area (Å²) in [6.45, 7) is 6.73. The number of carbonyl (C=O) groups is 1. The number of rotatable bonds is 6. The highest BCUT2D eigenvalue weighted by Gasteiger charge is 2.26. The summed E-state index contributed by atoms with van der Waals surface area (Å²) in [6, 6.07) is 23.0. The van der Waals surface area contributed by atoms with Crippen LogP contribution in [0, 0.1) is 0 Å². The third-order valence-electron chi connectivity index (χ3n) is 5.78. The minimum Gasteiger partial charge on any atom is -0.478 e. The molecule has 158 valence electrons. The van der Waals surface area contributed by atoms with Gasteiger partial charge in [0.05, 0.1) is 5.56 Å². The van der Waals surface area contributed by atoms with Crippen LogP contribution in [0.2, 0.25) is 0 Å². The lowest BCUT2D eigenvalue weighted by Crippen LogP contribution is -2.16. The van der Waals surface area contributed by atoms with Crippen molar-refractivity contribution < 1.29 is 9.90 Å². The molecule has 0 aliphatic carbocycles. The maximum Gasteiger partial charge on any atom is 0.335 e. The van der Waals surface area contributed by atoms with E-state index in [0.29, 0.717) is 5.56 Å². The van der Waals surface area contributed by atoms with Crippen LogP contribution in [0.1, 0.15) is 58.9 Å². The second kappa shape index (κ2) is 8.76. The first-order valence-electron chi connectivity index (χ1n) is 10.8. The topological polar surface area (TPSA) is 37.3 Å². The SMILES string of the molecule is CCc1ccc(C2=CC(C)(C)Sc3ccc(CCc4ccc(C(=O)O)cc4)cc32)cc1. The molecule has 31 heavy (non-hydrogen) atoms. The van der Waals surface area contributed by atoms with Gasteiger partial charge in [0.15, 0.2) is 0 Å². The Morgan fingerprint density at radius 1 is 0.871 bits per heavy atom. The van der Waals surface area contributed by atoms with Gasteiger partial charge in [0.1, 0.15) is 0 Å². The fraction of sp³-hybridized carbons (Fsp3) is 0.250. The Labute approximate surface area is 189 Å². The van der Waals surface area contributed by atoms with E-state index in [1.165, 1.54) is 32.7 Å². The number of hydrogen-bond acceptors (Lipinski definition) is 2. The van der Waals surface area contributed by atoms with Gasteiger partial charge in [-0.25, -0.2) is 4.79 Å². The van der Waals surface area contributed by atoms with Gasteiger partial charge in [-0.1, -0.05) is 61.5 Å². The van der Waals surface area contributed by atoms with Crippen molar-refractivity contribution in [3.63, 3.8) is 0 Å². The summed E-state index contributed by atoms with van der Waals surface area (Å²) in [4.78, 5) is 12.4. The first-order chi connectivity index (χ1) is 14.8. The summed E-state index contributed by atoms with van der Waals surface area (Å²) >= 11 is 1.92. The largest absolute Gasteiger partial charge is 0.478 e. The monoisotopic (exact) mass is 428 g/mol. The zero-order chi connectivity index (χ0) is 22.0. The van der Waals surface area contributed by atoms with Gasteiger partial charge < -0.3 is 5.11 Å². The van der Waals surface area contributed by atoms with Gasteiger partial charge in [0.25, 0.3) is 0 Å². The molecule has 0 fully saturated rings. The molecule has 1 aliphatic rings. The molecule has 3 aromatic rings. The van der Waals surface area contributed by atoms with Crippen LogP contribution >= 0.6 is 11.8 Å². The van der Waals surface area contributed by atoms with Crippen LogP contribution in [0.5, 0.6) is 0 Å². The first kappa shape index (κ1) is 21.5. The van der Waals surface area contributed by atoms with E-state index in [1.807, 2.05) is 23.9 Å². The van der Waals surface area contributed by atoms with E-state index < -0.39 is 5.97 Å². The van der Waals surface area contributed by atoms with Gasteiger partial charge in [-0.2, -0.15) is 0 Å². The normalized spacial score (nSPS) is 14.6. The number of hydrogen-bond donors (Lipinski definition) is 1. The Balaban J connectivity index is 1.60. The minimum absolute atomic E-state index is 0.0547. The molecular weight excluding hydrogens is 400 g/mol. The summed E-state index contributed by atoms with van der Waals surface area (Å²) in [5, 5.41) is 9.07. The number of aromatic carboxylic acids is 1. The molecule has 0 unspecified atom stereocenters. The van der Waals surface area contributed by atoms with Gasteiger partial charge >= 0.3 is 5.97 Å². The van der Waals surface area contributed by atoms with Crippen LogP contribution < -0.4 is 0 Å². The van der Waals surface area contributed by atoms with E-state index in [0.717, 1.165) is 24.8 Å². The van der Waals surface area contributed by atoms with Crippen LogP contribution in [0.25, 0.3) is 5.57 Å². The molecule has 0 saturated heterocycles. The van der Waals surface area contributed by atoms with Crippen LogP contribution in [0.15, 0.2) is 77.7 Å². The number of carboxylic acids is 1. The van der Waals surface area contributed by atoms with Crippen LogP contribution in [-0.2, 0) is 19.3 Å². The fourth-order valence-corrected chi connectivity index (χ4v) is 5.19. The molecule has 0 radical (unpaired) electrons. The second-order valence-corrected chi connectivity index (χ2v) is 10.3. The average molecular weight is 429 g/mol. The Bertz CT molecular complexity index is 1120. The summed E-state index contributed by atoms with van der Waals surface area (Å²) < 4.78 is 0.0547. The second-order valence-electron chi connectivity index (χ2n) is 8.65. The summed E-state index contributed by atoms with van der Waals surface area (Å²) in [6.07, 6.45) is 5.27. The predicted octanol–water partition coefficient (Wildman–Crippen LogP) is 7.05. The zero-order valence-corrected chi connectivity index (χ0v) is 19.1. The van der Waals surface area contributed by atoms with Crippen LogP contribution in [-0.4, -0.2) is 15.8 Å². The van der Waals surface area contributed by atoms with Crippen LogP contribution in [0.4, 0.5) is 0 Å². The summed E-state index contributed by atoms with van der Waals surface area (Å²) in [5.41, 5.74) is 8.05. The molecule has 0 amide bonds. The molecule has 1 aliphatic heterocycles. The molecule has 0 aromatic heterocycles. The number of carboxylic acid groups (broad SMARTS) is 1. The number of aryl methyl sites for hydroxylation is 3. The van der Waals surface area contributed by atoms with E-state index in [9.17, 15) is 4.79 Å². The Morgan fingerprint density at radius 2 is 1.48 bits per heavy atom. The van der Waals surface area contributed by atoms with Crippen molar-refractivity contribution in [2.45, 2.75) is 49.7 Å². The fourth-order valence-electron chi connectivity index (χ4n) is 4.03. The van der Waals surface area contributed by atoms with Crippen molar-refractivity contribution in [2.75, 3.05) is 0 Å². The lowest BCUT2D eigenvalue weighted by atomic mass is 9.91. The Kier molecular flexibility index (Phi) is 6.06.